The Morgan fingerprint density at radius 1 is 1.08 bits per heavy atom. The van der Waals surface area contributed by atoms with Crippen LogP contribution in [0.25, 0.3) is 0 Å². The Morgan fingerprint density at radius 3 is 2.44 bits per heavy atom. The fourth-order valence-electron chi connectivity index (χ4n) is 3.10. The van der Waals surface area contributed by atoms with Crippen LogP contribution in [0.1, 0.15) is 18.4 Å². The highest BCUT2D eigenvalue weighted by atomic mass is 35.5. The maximum Gasteiger partial charge on any atom is 0.123 e. The first-order valence-electron chi connectivity index (χ1n) is 8.36. The van der Waals surface area contributed by atoms with Crippen molar-refractivity contribution < 1.29 is 8.60 Å². The van der Waals surface area contributed by atoms with Crippen LogP contribution in [0, 0.1) is 5.82 Å². The fourth-order valence-corrected chi connectivity index (χ4v) is 5.19. The zero-order valence-corrected chi connectivity index (χ0v) is 16.1. The molecule has 2 nitrogen and oxygen atoms in total. The van der Waals surface area contributed by atoms with Crippen LogP contribution in [0.2, 0.25) is 10.0 Å². The summed E-state index contributed by atoms with van der Waals surface area (Å²) in [7, 11) is -1.13. The van der Waals surface area contributed by atoms with Crippen LogP contribution >= 0.6 is 23.2 Å². The topological polar surface area (TPSA) is 20.3 Å². The summed E-state index contributed by atoms with van der Waals surface area (Å²) in [5.74, 6) is -0.202. The van der Waals surface area contributed by atoms with Gasteiger partial charge in [0.2, 0.25) is 0 Å². The van der Waals surface area contributed by atoms with Crippen molar-refractivity contribution in [1.82, 2.24) is 4.90 Å². The average molecular weight is 400 g/mol. The number of hydrogen-bond acceptors (Lipinski definition) is 2. The zero-order chi connectivity index (χ0) is 17.8. The molecule has 0 bridgehead atoms. The van der Waals surface area contributed by atoms with Gasteiger partial charge in [-0.3, -0.25) is 4.21 Å². The van der Waals surface area contributed by atoms with Gasteiger partial charge in [0, 0.05) is 11.8 Å². The van der Waals surface area contributed by atoms with E-state index in [1.54, 1.807) is 18.2 Å². The van der Waals surface area contributed by atoms with Crippen LogP contribution in [-0.4, -0.2) is 34.0 Å². The Balaban J connectivity index is 1.52. The molecule has 1 saturated heterocycles. The molecule has 1 aliphatic heterocycles. The lowest BCUT2D eigenvalue weighted by Gasteiger charge is -2.31. The van der Waals surface area contributed by atoms with Gasteiger partial charge in [-0.1, -0.05) is 41.4 Å². The summed E-state index contributed by atoms with van der Waals surface area (Å²) in [6.45, 7) is 2.76. The highest BCUT2D eigenvalue weighted by Crippen LogP contribution is 2.31. The lowest BCUT2D eigenvalue weighted by molar-refractivity contribution is 0.234. The van der Waals surface area contributed by atoms with Crippen molar-refractivity contribution >= 4 is 34.0 Å². The van der Waals surface area contributed by atoms with E-state index in [0.717, 1.165) is 44.5 Å². The molecule has 0 aliphatic carbocycles. The summed E-state index contributed by atoms with van der Waals surface area (Å²) < 4.78 is 25.7. The maximum atomic E-state index is 12.9. The van der Waals surface area contributed by atoms with Gasteiger partial charge in [0.25, 0.3) is 0 Å². The Morgan fingerprint density at radius 2 is 1.76 bits per heavy atom. The molecule has 2 aromatic carbocycles. The number of piperidine rings is 1. The maximum absolute atomic E-state index is 12.9. The molecule has 1 heterocycles. The molecule has 0 spiro atoms. The summed E-state index contributed by atoms with van der Waals surface area (Å²) in [6, 6.07) is 12.0. The molecule has 3 rings (SSSR count). The van der Waals surface area contributed by atoms with E-state index in [-0.39, 0.29) is 11.1 Å². The third kappa shape index (κ3) is 4.82. The van der Waals surface area contributed by atoms with Crippen molar-refractivity contribution in [1.29, 1.82) is 0 Å². The molecule has 134 valence electrons. The van der Waals surface area contributed by atoms with Gasteiger partial charge in [-0.05, 0) is 62.2 Å². The molecule has 6 heteroatoms. The quantitative estimate of drug-likeness (QED) is 0.708. The minimum absolute atomic E-state index is 0.109. The molecule has 0 amide bonds. The molecule has 1 aliphatic rings. The minimum atomic E-state index is -1.13. The Bertz CT molecular complexity index is 746. The van der Waals surface area contributed by atoms with Crippen molar-refractivity contribution in [3.8, 4) is 0 Å². The lowest BCUT2D eigenvalue weighted by Crippen LogP contribution is -2.38. The van der Waals surface area contributed by atoms with Crippen LogP contribution in [0.4, 0.5) is 4.39 Å². The number of rotatable bonds is 5. The van der Waals surface area contributed by atoms with E-state index >= 15 is 0 Å². The Kier molecular flexibility index (Phi) is 6.50. The number of benzene rings is 2. The molecule has 2 aromatic rings. The molecule has 25 heavy (non-hydrogen) atoms. The van der Waals surface area contributed by atoms with E-state index in [1.807, 2.05) is 12.1 Å². The van der Waals surface area contributed by atoms with Crippen LogP contribution in [0.15, 0.2) is 47.4 Å². The van der Waals surface area contributed by atoms with E-state index in [9.17, 15) is 8.60 Å². The molecule has 0 radical (unpaired) electrons. The van der Waals surface area contributed by atoms with Crippen LogP contribution in [-0.2, 0) is 17.2 Å². The summed E-state index contributed by atoms with van der Waals surface area (Å²) in [5.41, 5.74) is 1.14. The van der Waals surface area contributed by atoms with E-state index in [4.69, 9.17) is 23.2 Å². The van der Waals surface area contributed by atoms with Gasteiger partial charge in [0.15, 0.2) is 0 Å². The first-order chi connectivity index (χ1) is 12.0. The fraction of sp³-hybridized carbons (Fsp3) is 0.368. The van der Waals surface area contributed by atoms with E-state index < -0.39 is 10.8 Å². The molecule has 0 N–H and O–H groups in total. The van der Waals surface area contributed by atoms with Gasteiger partial charge in [-0.15, -0.1) is 0 Å². The smallest absolute Gasteiger partial charge is 0.123 e. The summed E-state index contributed by atoms with van der Waals surface area (Å²) in [5, 5.41) is 0.962. The molecule has 0 aromatic heterocycles. The number of hydrogen-bond donors (Lipinski definition) is 0. The SMILES string of the molecule is O=S(c1cccc(Cl)c1Cl)C1CCN(CCc2ccc(F)cc2)CC1. The minimum Gasteiger partial charge on any atom is -0.303 e. The summed E-state index contributed by atoms with van der Waals surface area (Å²) >= 11 is 12.2. The molecular weight excluding hydrogens is 380 g/mol. The van der Waals surface area contributed by atoms with E-state index in [0.29, 0.717) is 14.9 Å². The third-order valence-corrected chi connectivity index (χ3v) is 7.38. The largest absolute Gasteiger partial charge is 0.303 e. The molecular formula is C19H20Cl2FNOS. The Labute approximate surface area is 160 Å². The number of nitrogens with zero attached hydrogens (tertiary/aromatic N) is 1. The van der Waals surface area contributed by atoms with Gasteiger partial charge in [-0.25, -0.2) is 4.39 Å². The molecule has 1 unspecified atom stereocenters. The van der Waals surface area contributed by atoms with Crippen LogP contribution in [0.3, 0.4) is 0 Å². The second kappa shape index (κ2) is 8.63. The second-order valence-electron chi connectivity index (χ2n) is 6.27. The van der Waals surface area contributed by atoms with Crippen molar-refractivity contribution in [2.75, 3.05) is 19.6 Å². The van der Waals surface area contributed by atoms with Gasteiger partial charge in [0.1, 0.15) is 5.82 Å². The predicted molar refractivity (Wildman–Crippen MR) is 102 cm³/mol. The summed E-state index contributed by atoms with van der Waals surface area (Å²) in [4.78, 5) is 3.01. The van der Waals surface area contributed by atoms with Crippen molar-refractivity contribution in [3.63, 3.8) is 0 Å². The zero-order valence-electron chi connectivity index (χ0n) is 13.8. The van der Waals surface area contributed by atoms with E-state index in [1.165, 1.54) is 12.1 Å². The Hall–Kier alpha value is -0.940. The normalized spacial score (nSPS) is 17.6. The molecule has 1 fully saturated rings. The summed E-state index contributed by atoms with van der Waals surface area (Å²) in [6.07, 6.45) is 2.64. The molecule has 1 atom stereocenters. The predicted octanol–water partition coefficient (Wildman–Crippen LogP) is 4.95. The van der Waals surface area contributed by atoms with Crippen molar-refractivity contribution in [3.05, 3.63) is 63.9 Å². The standard InChI is InChI=1S/C19H20Cl2FNOS/c20-17-2-1-3-18(19(17)21)25(24)16-9-12-23(13-10-16)11-8-14-4-6-15(22)7-5-14/h1-7,16H,8-13H2. The average Bonchev–Trinajstić information content (AvgIpc) is 2.63. The second-order valence-corrected chi connectivity index (χ2v) is 8.75. The van der Waals surface area contributed by atoms with Gasteiger partial charge >= 0.3 is 0 Å². The third-order valence-electron chi connectivity index (χ3n) is 4.60. The first-order valence-corrected chi connectivity index (χ1v) is 10.3. The van der Waals surface area contributed by atoms with Gasteiger partial charge in [-0.2, -0.15) is 0 Å². The van der Waals surface area contributed by atoms with Crippen LogP contribution in [0.5, 0.6) is 0 Å². The van der Waals surface area contributed by atoms with Crippen molar-refractivity contribution in [2.24, 2.45) is 0 Å². The van der Waals surface area contributed by atoms with Crippen molar-refractivity contribution in [2.45, 2.75) is 29.4 Å². The highest BCUT2D eigenvalue weighted by molar-refractivity contribution is 7.85. The van der Waals surface area contributed by atoms with Crippen LogP contribution < -0.4 is 0 Å². The van der Waals surface area contributed by atoms with E-state index in [2.05, 4.69) is 4.90 Å². The van der Waals surface area contributed by atoms with Gasteiger partial charge in [0.05, 0.1) is 25.7 Å². The number of halogens is 3. The number of likely N-dealkylation sites (tertiary alicyclic amines) is 1. The van der Waals surface area contributed by atoms with Gasteiger partial charge < -0.3 is 4.90 Å². The molecule has 0 saturated carbocycles. The first kappa shape index (κ1) is 18.8. The lowest BCUT2D eigenvalue weighted by atomic mass is 10.1. The monoisotopic (exact) mass is 399 g/mol. The highest BCUT2D eigenvalue weighted by Gasteiger charge is 2.26.